The smallest absolute Gasteiger partial charge is 0.387 e. The predicted octanol–water partition coefficient (Wildman–Crippen LogP) is 5.58. The van der Waals surface area contributed by atoms with Gasteiger partial charge in [0.15, 0.2) is 0 Å². The van der Waals surface area contributed by atoms with Gasteiger partial charge in [-0.3, -0.25) is 4.79 Å². The summed E-state index contributed by atoms with van der Waals surface area (Å²) in [5.74, 6) is 0.893. The number of carbonyl (C=O) groups excluding carboxylic acids is 1. The minimum absolute atomic E-state index is 0.0515. The summed E-state index contributed by atoms with van der Waals surface area (Å²) in [5.41, 5.74) is 0. The third-order valence-corrected chi connectivity index (χ3v) is 4.66. The molecule has 134 valence electrons. The van der Waals surface area contributed by atoms with Crippen LogP contribution in [0.5, 0.6) is 11.5 Å². The number of unbranched alkanes of at least 4 members (excludes halogenated alkanes) is 2. The fourth-order valence-electron chi connectivity index (χ4n) is 3.26. The van der Waals surface area contributed by atoms with E-state index >= 15 is 0 Å². The second-order valence-corrected chi connectivity index (χ2v) is 6.48. The Morgan fingerprint density at radius 2 is 1.71 bits per heavy atom. The molecule has 0 spiro atoms. The molecule has 1 aromatic carbocycles. The molecule has 24 heavy (non-hydrogen) atoms. The van der Waals surface area contributed by atoms with Crippen LogP contribution >= 0.6 is 0 Å². The summed E-state index contributed by atoms with van der Waals surface area (Å²) in [4.78, 5) is 12.2. The van der Waals surface area contributed by atoms with Crippen LogP contribution in [0.4, 0.5) is 8.78 Å². The lowest BCUT2D eigenvalue weighted by Gasteiger charge is -2.27. The molecule has 3 nitrogen and oxygen atoms in total. The van der Waals surface area contributed by atoms with Gasteiger partial charge < -0.3 is 9.47 Å². The molecule has 1 aromatic rings. The number of esters is 1. The summed E-state index contributed by atoms with van der Waals surface area (Å²) in [6, 6.07) is 5.71. The molecule has 0 heterocycles. The van der Waals surface area contributed by atoms with Gasteiger partial charge >= 0.3 is 12.6 Å². The van der Waals surface area contributed by atoms with Crippen LogP contribution in [0.25, 0.3) is 0 Å². The molecule has 0 atom stereocenters. The molecule has 5 heteroatoms. The van der Waals surface area contributed by atoms with Crippen molar-refractivity contribution in [3.63, 3.8) is 0 Å². The number of benzene rings is 1. The van der Waals surface area contributed by atoms with E-state index in [4.69, 9.17) is 4.74 Å². The van der Waals surface area contributed by atoms with Gasteiger partial charge in [0, 0.05) is 0 Å². The summed E-state index contributed by atoms with van der Waals surface area (Å²) < 4.78 is 33.8. The Morgan fingerprint density at radius 3 is 2.29 bits per heavy atom. The Bertz CT molecular complexity index is 494. The Kier molecular flexibility index (Phi) is 7.47. The molecule has 0 aliphatic heterocycles. The van der Waals surface area contributed by atoms with Crippen LogP contribution in [0.1, 0.15) is 58.3 Å². The van der Waals surface area contributed by atoms with Crippen LogP contribution in [0, 0.1) is 11.8 Å². The Morgan fingerprint density at radius 1 is 1.08 bits per heavy atom. The zero-order valence-electron chi connectivity index (χ0n) is 14.2. The highest BCUT2D eigenvalue weighted by Gasteiger charge is 2.27. The quantitative estimate of drug-likeness (QED) is 0.352. The van der Waals surface area contributed by atoms with Crippen LogP contribution in [0.3, 0.4) is 0 Å². The van der Waals surface area contributed by atoms with E-state index in [1.807, 2.05) is 0 Å². The lowest BCUT2D eigenvalue weighted by molar-refractivity contribution is -0.140. The second-order valence-electron chi connectivity index (χ2n) is 6.48. The van der Waals surface area contributed by atoms with Gasteiger partial charge in [-0.05, 0) is 55.9 Å². The maximum atomic E-state index is 12.2. The van der Waals surface area contributed by atoms with E-state index in [0.29, 0.717) is 5.75 Å². The molecular formula is C19H26F2O3. The Balaban J connectivity index is 1.75. The second kappa shape index (κ2) is 9.60. The molecule has 0 aromatic heterocycles. The third-order valence-electron chi connectivity index (χ3n) is 4.66. The summed E-state index contributed by atoms with van der Waals surface area (Å²) >= 11 is 0. The largest absolute Gasteiger partial charge is 0.435 e. The lowest BCUT2D eigenvalue weighted by atomic mass is 9.80. The zero-order valence-corrected chi connectivity index (χ0v) is 14.2. The number of hydrogen-bond acceptors (Lipinski definition) is 3. The van der Waals surface area contributed by atoms with E-state index in [-0.39, 0.29) is 17.6 Å². The predicted molar refractivity (Wildman–Crippen MR) is 88.3 cm³/mol. The van der Waals surface area contributed by atoms with Crippen molar-refractivity contribution in [3.8, 4) is 11.5 Å². The lowest BCUT2D eigenvalue weighted by Crippen LogP contribution is -2.25. The maximum Gasteiger partial charge on any atom is 0.387 e. The van der Waals surface area contributed by atoms with Gasteiger partial charge in [0.1, 0.15) is 11.5 Å². The average molecular weight is 340 g/mol. The molecule has 0 radical (unpaired) electrons. The van der Waals surface area contributed by atoms with Crippen molar-refractivity contribution in [2.24, 2.45) is 11.8 Å². The monoisotopic (exact) mass is 340 g/mol. The van der Waals surface area contributed by atoms with Crippen LogP contribution in [0.2, 0.25) is 0 Å². The van der Waals surface area contributed by atoms with Crippen molar-refractivity contribution in [1.29, 1.82) is 0 Å². The maximum absolute atomic E-state index is 12.2. The molecule has 1 aliphatic carbocycles. The molecule has 0 unspecified atom stereocenters. The highest BCUT2D eigenvalue weighted by Crippen LogP contribution is 2.33. The molecule has 0 saturated heterocycles. The standard InChI is InChI=1S/C19H26F2O3/c1-2-3-4-5-14-6-8-15(9-7-14)18(22)23-16-10-12-17(13-11-16)24-19(20)21/h10-15,19H,2-9H2,1H3/t14-,15-. The summed E-state index contributed by atoms with van der Waals surface area (Å²) in [6.45, 7) is -0.648. The van der Waals surface area contributed by atoms with Crippen molar-refractivity contribution >= 4 is 5.97 Å². The Hall–Kier alpha value is -1.65. The first-order chi connectivity index (χ1) is 11.6. The van der Waals surface area contributed by atoms with Crippen molar-refractivity contribution in [1.82, 2.24) is 0 Å². The minimum Gasteiger partial charge on any atom is -0.435 e. The highest BCUT2D eigenvalue weighted by atomic mass is 19.3. The molecule has 0 amide bonds. The molecule has 0 bridgehead atoms. The third kappa shape index (κ3) is 6.10. The van der Waals surface area contributed by atoms with Crippen molar-refractivity contribution in [3.05, 3.63) is 24.3 Å². The molecular weight excluding hydrogens is 314 g/mol. The SMILES string of the molecule is CCCCC[C@H]1CC[C@H](C(=O)Oc2ccc(OC(F)F)cc2)CC1. The number of hydrogen-bond donors (Lipinski definition) is 0. The van der Waals surface area contributed by atoms with Gasteiger partial charge in [-0.15, -0.1) is 0 Å². The van der Waals surface area contributed by atoms with Crippen LogP contribution in [0.15, 0.2) is 24.3 Å². The summed E-state index contributed by atoms with van der Waals surface area (Å²) in [6.07, 6.45) is 9.00. The van der Waals surface area contributed by atoms with E-state index < -0.39 is 6.61 Å². The first kappa shape index (κ1) is 18.7. The average Bonchev–Trinajstić information content (AvgIpc) is 2.57. The number of halogens is 2. The van der Waals surface area contributed by atoms with E-state index in [1.54, 1.807) is 0 Å². The number of ether oxygens (including phenoxy) is 2. The number of carbonyl (C=O) groups is 1. The van der Waals surface area contributed by atoms with Gasteiger partial charge in [0.05, 0.1) is 5.92 Å². The van der Waals surface area contributed by atoms with Gasteiger partial charge in [-0.25, -0.2) is 0 Å². The normalized spacial score (nSPS) is 20.8. The fourth-order valence-corrected chi connectivity index (χ4v) is 3.26. The van der Waals surface area contributed by atoms with E-state index in [1.165, 1.54) is 49.9 Å². The van der Waals surface area contributed by atoms with Gasteiger partial charge in [-0.1, -0.05) is 32.6 Å². The zero-order chi connectivity index (χ0) is 17.4. The Labute approximate surface area is 142 Å². The van der Waals surface area contributed by atoms with Crippen molar-refractivity contribution in [2.75, 3.05) is 0 Å². The first-order valence-corrected chi connectivity index (χ1v) is 8.85. The molecule has 1 fully saturated rings. The van der Waals surface area contributed by atoms with Gasteiger partial charge in [-0.2, -0.15) is 8.78 Å². The molecule has 1 saturated carbocycles. The van der Waals surface area contributed by atoms with Gasteiger partial charge in [0.2, 0.25) is 0 Å². The fraction of sp³-hybridized carbons (Fsp3) is 0.632. The van der Waals surface area contributed by atoms with Gasteiger partial charge in [0.25, 0.3) is 0 Å². The van der Waals surface area contributed by atoms with Crippen LogP contribution in [-0.2, 0) is 4.79 Å². The molecule has 1 aliphatic rings. The van der Waals surface area contributed by atoms with Crippen molar-refractivity contribution in [2.45, 2.75) is 64.9 Å². The van der Waals surface area contributed by atoms with Crippen LogP contribution < -0.4 is 9.47 Å². The van der Waals surface area contributed by atoms with Crippen molar-refractivity contribution < 1.29 is 23.0 Å². The number of alkyl halides is 2. The van der Waals surface area contributed by atoms with E-state index in [9.17, 15) is 13.6 Å². The molecule has 0 N–H and O–H groups in total. The highest BCUT2D eigenvalue weighted by molar-refractivity contribution is 5.75. The van der Waals surface area contributed by atoms with E-state index in [2.05, 4.69) is 11.7 Å². The summed E-state index contributed by atoms with van der Waals surface area (Å²) in [7, 11) is 0. The topological polar surface area (TPSA) is 35.5 Å². The number of rotatable bonds is 8. The summed E-state index contributed by atoms with van der Waals surface area (Å²) in [5, 5.41) is 0. The van der Waals surface area contributed by atoms with E-state index in [0.717, 1.165) is 31.6 Å². The molecule has 2 rings (SSSR count). The minimum atomic E-state index is -2.86. The first-order valence-electron chi connectivity index (χ1n) is 8.85. The van der Waals surface area contributed by atoms with Crippen LogP contribution in [-0.4, -0.2) is 12.6 Å².